The summed E-state index contributed by atoms with van der Waals surface area (Å²) in [5.41, 5.74) is 1.40. The molecule has 0 aromatic carbocycles. The van der Waals surface area contributed by atoms with Crippen LogP contribution < -0.4 is 5.32 Å². The summed E-state index contributed by atoms with van der Waals surface area (Å²) in [6.07, 6.45) is 0. The van der Waals surface area contributed by atoms with Gasteiger partial charge in [0.05, 0.1) is 0 Å². The van der Waals surface area contributed by atoms with Gasteiger partial charge in [0.15, 0.2) is 0 Å². The highest BCUT2D eigenvalue weighted by Crippen LogP contribution is 2.21. The van der Waals surface area contributed by atoms with E-state index in [2.05, 4.69) is 52.6 Å². The third-order valence-electron chi connectivity index (χ3n) is 2.44. The van der Waals surface area contributed by atoms with Gasteiger partial charge in [-0.05, 0) is 47.5 Å². The quantitative estimate of drug-likeness (QED) is 0.877. The van der Waals surface area contributed by atoms with Crippen LogP contribution in [0.15, 0.2) is 22.0 Å². The summed E-state index contributed by atoms with van der Waals surface area (Å²) in [6, 6.07) is 4.44. The molecule has 0 atom stereocenters. The van der Waals surface area contributed by atoms with E-state index >= 15 is 0 Å². The standard InChI is InChI=1S/C12H14BrNS2/c1-8-3-12(16-9(8)2)6-14-5-11-4-10(13)7-15-11/h3-4,7,14H,5-6H2,1-2H3. The summed E-state index contributed by atoms with van der Waals surface area (Å²) in [6.45, 7) is 6.27. The Labute approximate surface area is 113 Å². The minimum Gasteiger partial charge on any atom is -0.307 e. The van der Waals surface area contributed by atoms with Gasteiger partial charge in [-0.15, -0.1) is 22.7 Å². The van der Waals surface area contributed by atoms with E-state index in [0.717, 1.165) is 13.1 Å². The van der Waals surface area contributed by atoms with E-state index < -0.39 is 0 Å². The molecule has 0 fully saturated rings. The highest BCUT2D eigenvalue weighted by atomic mass is 79.9. The third-order valence-corrected chi connectivity index (χ3v) is 5.29. The summed E-state index contributed by atoms with van der Waals surface area (Å²) in [5.74, 6) is 0. The van der Waals surface area contributed by atoms with E-state index in [9.17, 15) is 0 Å². The first-order chi connectivity index (χ1) is 7.65. The molecule has 2 heterocycles. The van der Waals surface area contributed by atoms with Crippen molar-refractivity contribution in [1.29, 1.82) is 0 Å². The lowest BCUT2D eigenvalue weighted by Crippen LogP contribution is -2.10. The minimum absolute atomic E-state index is 0.951. The zero-order valence-electron chi connectivity index (χ0n) is 9.34. The molecule has 2 aromatic heterocycles. The second-order valence-electron chi connectivity index (χ2n) is 3.79. The van der Waals surface area contributed by atoms with Gasteiger partial charge in [0, 0.05) is 37.6 Å². The van der Waals surface area contributed by atoms with Crippen LogP contribution in [0.4, 0.5) is 0 Å². The molecule has 0 saturated heterocycles. The minimum atomic E-state index is 0.951. The average Bonchev–Trinajstić information content (AvgIpc) is 2.75. The van der Waals surface area contributed by atoms with Crippen molar-refractivity contribution in [2.45, 2.75) is 26.9 Å². The first kappa shape index (κ1) is 12.3. The van der Waals surface area contributed by atoms with E-state index in [-0.39, 0.29) is 0 Å². The van der Waals surface area contributed by atoms with Gasteiger partial charge in [-0.3, -0.25) is 0 Å². The smallest absolute Gasteiger partial charge is 0.0303 e. The molecule has 2 rings (SSSR count). The van der Waals surface area contributed by atoms with Crippen molar-refractivity contribution in [2.24, 2.45) is 0 Å². The lowest BCUT2D eigenvalue weighted by molar-refractivity contribution is 0.708. The van der Waals surface area contributed by atoms with Crippen LogP contribution >= 0.6 is 38.6 Å². The van der Waals surface area contributed by atoms with Crippen molar-refractivity contribution in [3.05, 3.63) is 42.2 Å². The normalized spacial score (nSPS) is 10.9. The molecule has 2 aromatic rings. The van der Waals surface area contributed by atoms with Crippen LogP contribution in [0.1, 0.15) is 20.2 Å². The second-order valence-corrected chi connectivity index (χ2v) is 7.04. The summed E-state index contributed by atoms with van der Waals surface area (Å²) in [4.78, 5) is 4.22. The largest absolute Gasteiger partial charge is 0.307 e. The Bertz CT molecular complexity index is 454. The van der Waals surface area contributed by atoms with Crippen molar-refractivity contribution in [2.75, 3.05) is 0 Å². The van der Waals surface area contributed by atoms with Crippen LogP contribution in [0, 0.1) is 13.8 Å². The molecule has 0 unspecified atom stereocenters. The second kappa shape index (κ2) is 5.45. The van der Waals surface area contributed by atoms with Gasteiger partial charge in [0.2, 0.25) is 0 Å². The van der Waals surface area contributed by atoms with E-state index in [1.54, 1.807) is 11.3 Å². The Balaban J connectivity index is 1.84. The molecule has 1 nitrogen and oxygen atoms in total. The molecule has 1 N–H and O–H groups in total. The van der Waals surface area contributed by atoms with E-state index in [0.29, 0.717) is 0 Å². The molecule has 0 aliphatic heterocycles. The molecular formula is C12H14BrNS2. The molecular weight excluding hydrogens is 302 g/mol. The van der Waals surface area contributed by atoms with Gasteiger partial charge in [0.1, 0.15) is 0 Å². The van der Waals surface area contributed by atoms with E-state index in [1.807, 2.05) is 11.3 Å². The number of hydrogen-bond donors (Lipinski definition) is 1. The number of thiophene rings is 2. The molecule has 0 saturated carbocycles. The monoisotopic (exact) mass is 315 g/mol. The van der Waals surface area contributed by atoms with Crippen LogP contribution in [0.25, 0.3) is 0 Å². The zero-order chi connectivity index (χ0) is 11.5. The van der Waals surface area contributed by atoms with E-state index in [4.69, 9.17) is 0 Å². The lowest BCUT2D eigenvalue weighted by Gasteiger charge is -1.99. The Morgan fingerprint density at radius 3 is 2.50 bits per heavy atom. The maximum atomic E-state index is 3.47. The topological polar surface area (TPSA) is 12.0 Å². The zero-order valence-corrected chi connectivity index (χ0v) is 12.6. The summed E-state index contributed by atoms with van der Waals surface area (Å²) in [5, 5.41) is 5.59. The highest BCUT2D eigenvalue weighted by Gasteiger charge is 2.02. The van der Waals surface area contributed by atoms with Gasteiger partial charge in [-0.1, -0.05) is 0 Å². The number of hydrogen-bond acceptors (Lipinski definition) is 3. The summed E-state index contributed by atoms with van der Waals surface area (Å²) >= 11 is 7.14. The number of rotatable bonds is 4. The Hall–Kier alpha value is -0.160. The fraction of sp³-hybridized carbons (Fsp3) is 0.333. The van der Waals surface area contributed by atoms with Crippen LogP contribution in [0.3, 0.4) is 0 Å². The van der Waals surface area contributed by atoms with Crippen LogP contribution in [-0.2, 0) is 13.1 Å². The van der Waals surface area contributed by atoms with Gasteiger partial charge >= 0.3 is 0 Å². The molecule has 0 radical (unpaired) electrons. The highest BCUT2D eigenvalue weighted by molar-refractivity contribution is 9.10. The van der Waals surface area contributed by atoms with Crippen molar-refractivity contribution < 1.29 is 0 Å². The van der Waals surface area contributed by atoms with Crippen molar-refractivity contribution in [3.63, 3.8) is 0 Å². The number of halogens is 1. The Kier molecular flexibility index (Phi) is 4.19. The molecule has 0 spiro atoms. The fourth-order valence-electron chi connectivity index (χ4n) is 1.49. The maximum absolute atomic E-state index is 3.47. The fourth-order valence-corrected chi connectivity index (χ4v) is 3.94. The predicted octanol–water partition coefficient (Wildman–Crippen LogP) is 4.48. The Morgan fingerprint density at radius 1 is 1.19 bits per heavy atom. The van der Waals surface area contributed by atoms with Crippen molar-refractivity contribution in [1.82, 2.24) is 5.32 Å². The van der Waals surface area contributed by atoms with Crippen molar-refractivity contribution >= 4 is 38.6 Å². The van der Waals surface area contributed by atoms with Crippen LogP contribution in [0.2, 0.25) is 0 Å². The first-order valence-electron chi connectivity index (χ1n) is 5.14. The molecule has 0 aliphatic rings. The van der Waals surface area contributed by atoms with Gasteiger partial charge in [0.25, 0.3) is 0 Å². The summed E-state index contributed by atoms with van der Waals surface area (Å²) in [7, 11) is 0. The Morgan fingerprint density at radius 2 is 1.94 bits per heavy atom. The average molecular weight is 316 g/mol. The molecule has 0 amide bonds. The molecule has 86 valence electrons. The molecule has 4 heteroatoms. The van der Waals surface area contributed by atoms with Gasteiger partial charge in [-0.25, -0.2) is 0 Å². The van der Waals surface area contributed by atoms with Crippen LogP contribution in [0.5, 0.6) is 0 Å². The SMILES string of the molecule is Cc1cc(CNCc2cc(Br)cs2)sc1C. The van der Waals surface area contributed by atoms with Crippen LogP contribution in [-0.4, -0.2) is 0 Å². The third kappa shape index (κ3) is 3.17. The van der Waals surface area contributed by atoms with Gasteiger partial charge in [-0.2, -0.15) is 0 Å². The lowest BCUT2D eigenvalue weighted by atomic mass is 10.3. The molecule has 16 heavy (non-hydrogen) atoms. The number of aryl methyl sites for hydroxylation is 2. The van der Waals surface area contributed by atoms with Crippen molar-refractivity contribution in [3.8, 4) is 0 Å². The van der Waals surface area contributed by atoms with E-state index in [1.165, 1.54) is 24.7 Å². The molecule has 0 aliphatic carbocycles. The molecule has 0 bridgehead atoms. The van der Waals surface area contributed by atoms with Gasteiger partial charge < -0.3 is 5.32 Å². The maximum Gasteiger partial charge on any atom is 0.0303 e. The first-order valence-corrected chi connectivity index (χ1v) is 7.63. The number of nitrogens with one attached hydrogen (secondary N) is 1. The predicted molar refractivity (Wildman–Crippen MR) is 76.4 cm³/mol. The summed E-state index contributed by atoms with van der Waals surface area (Å²) < 4.78 is 1.18.